The first-order valence-electron chi connectivity index (χ1n) is 8.35. The molecule has 0 spiro atoms. The number of nitrogens with one attached hydrogen (secondary N) is 2. The second kappa shape index (κ2) is 7.53. The Balaban J connectivity index is 1.97. The molecule has 1 heterocycles. The lowest BCUT2D eigenvalue weighted by molar-refractivity contribution is 0.102. The van der Waals surface area contributed by atoms with E-state index in [1.165, 1.54) is 4.57 Å². The van der Waals surface area contributed by atoms with Gasteiger partial charge in [0.05, 0.1) is 23.2 Å². The number of fused-ring (bicyclic) bond motifs is 1. The van der Waals surface area contributed by atoms with Crippen LogP contribution in [0.5, 0.6) is 5.75 Å². The van der Waals surface area contributed by atoms with Gasteiger partial charge in [0.2, 0.25) is 0 Å². The third kappa shape index (κ3) is 3.39. The molecule has 0 aliphatic rings. The molecule has 1 aromatic heterocycles. The monoisotopic (exact) mass is 369 g/mol. The number of para-hydroxylation sites is 2. The van der Waals surface area contributed by atoms with Crippen LogP contribution in [0, 0.1) is 4.77 Å². The van der Waals surface area contributed by atoms with Crippen molar-refractivity contribution in [2.75, 3.05) is 11.9 Å². The maximum Gasteiger partial charge on any atom is 0.262 e. The van der Waals surface area contributed by atoms with Crippen LogP contribution in [0.3, 0.4) is 0 Å². The summed E-state index contributed by atoms with van der Waals surface area (Å²) in [5, 5.41) is 3.33. The van der Waals surface area contributed by atoms with Crippen LogP contribution >= 0.6 is 12.2 Å². The Labute approximate surface area is 155 Å². The Morgan fingerprint density at radius 3 is 2.73 bits per heavy atom. The van der Waals surface area contributed by atoms with Crippen molar-refractivity contribution in [3.05, 3.63) is 63.2 Å². The molecule has 0 radical (unpaired) electrons. The molecule has 0 aliphatic carbocycles. The fraction of sp³-hybridized carbons (Fsp3) is 0.211. The molecule has 0 unspecified atom stereocenters. The molecule has 0 fully saturated rings. The fourth-order valence-electron chi connectivity index (χ4n) is 2.73. The summed E-state index contributed by atoms with van der Waals surface area (Å²) in [7, 11) is 0. The van der Waals surface area contributed by atoms with Crippen molar-refractivity contribution >= 4 is 34.7 Å². The van der Waals surface area contributed by atoms with Crippen molar-refractivity contribution in [2.45, 2.75) is 20.4 Å². The summed E-state index contributed by atoms with van der Waals surface area (Å²) in [6, 6.07) is 12.1. The number of carbonyl (C=O) groups excluding carboxylic acids is 1. The molecule has 134 valence electrons. The first-order valence-corrected chi connectivity index (χ1v) is 8.76. The predicted octanol–water partition coefficient (Wildman–Crippen LogP) is 3.73. The minimum atomic E-state index is -0.293. The molecule has 0 saturated carbocycles. The van der Waals surface area contributed by atoms with Gasteiger partial charge in [-0.05, 0) is 56.4 Å². The largest absolute Gasteiger partial charge is 0.492 e. The average molecular weight is 369 g/mol. The number of nitrogens with zero attached hydrogens (tertiary/aromatic N) is 1. The topological polar surface area (TPSA) is 76.1 Å². The Morgan fingerprint density at radius 2 is 2.00 bits per heavy atom. The lowest BCUT2D eigenvalue weighted by Gasteiger charge is -2.12. The van der Waals surface area contributed by atoms with Gasteiger partial charge in [0.15, 0.2) is 4.77 Å². The van der Waals surface area contributed by atoms with E-state index >= 15 is 0 Å². The van der Waals surface area contributed by atoms with E-state index in [1.807, 2.05) is 26.0 Å². The molecule has 26 heavy (non-hydrogen) atoms. The summed E-state index contributed by atoms with van der Waals surface area (Å²) >= 11 is 5.22. The SMILES string of the molecule is CCOc1ccccc1NC(=O)c1ccc2c(=O)n(CC)c(=S)[nH]c2c1. The highest BCUT2D eigenvalue weighted by molar-refractivity contribution is 7.71. The molecular weight excluding hydrogens is 350 g/mol. The number of carbonyl (C=O) groups is 1. The van der Waals surface area contributed by atoms with Crippen LogP contribution in [0.4, 0.5) is 5.69 Å². The highest BCUT2D eigenvalue weighted by atomic mass is 32.1. The van der Waals surface area contributed by atoms with Crippen LogP contribution in [0.1, 0.15) is 24.2 Å². The Morgan fingerprint density at radius 1 is 1.23 bits per heavy atom. The Kier molecular flexibility index (Phi) is 5.18. The van der Waals surface area contributed by atoms with E-state index in [0.717, 1.165) is 0 Å². The highest BCUT2D eigenvalue weighted by Crippen LogP contribution is 2.24. The molecule has 0 saturated heterocycles. The first kappa shape index (κ1) is 17.9. The molecule has 6 nitrogen and oxygen atoms in total. The maximum atomic E-state index is 12.6. The Hall–Kier alpha value is -2.93. The van der Waals surface area contributed by atoms with E-state index in [2.05, 4.69) is 10.3 Å². The average Bonchev–Trinajstić information content (AvgIpc) is 2.63. The summed E-state index contributed by atoms with van der Waals surface area (Å²) in [6.45, 7) is 4.73. The van der Waals surface area contributed by atoms with Crippen molar-refractivity contribution in [3.8, 4) is 5.75 Å². The number of benzene rings is 2. The van der Waals surface area contributed by atoms with E-state index in [9.17, 15) is 9.59 Å². The minimum Gasteiger partial charge on any atom is -0.492 e. The summed E-state index contributed by atoms with van der Waals surface area (Å²) in [4.78, 5) is 28.1. The van der Waals surface area contributed by atoms with Crippen molar-refractivity contribution in [1.29, 1.82) is 0 Å². The number of rotatable bonds is 5. The fourth-order valence-corrected chi connectivity index (χ4v) is 3.05. The van der Waals surface area contributed by atoms with Crippen molar-refractivity contribution in [2.24, 2.45) is 0 Å². The molecule has 2 N–H and O–H groups in total. The van der Waals surface area contributed by atoms with Gasteiger partial charge in [-0.15, -0.1) is 0 Å². The van der Waals surface area contributed by atoms with Gasteiger partial charge in [0, 0.05) is 12.1 Å². The standard InChI is InChI=1S/C19H19N3O3S/c1-3-22-18(24)13-10-9-12(11-15(13)21-19(22)26)17(23)20-14-7-5-6-8-16(14)25-4-2/h5-11H,3-4H2,1-2H3,(H,20,23)(H,21,26). The minimum absolute atomic E-state index is 0.167. The van der Waals surface area contributed by atoms with Gasteiger partial charge in [0.1, 0.15) is 5.75 Å². The molecule has 0 bridgehead atoms. The summed E-state index contributed by atoms with van der Waals surface area (Å²) in [5.74, 6) is 0.312. The van der Waals surface area contributed by atoms with Gasteiger partial charge in [0.25, 0.3) is 11.5 Å². The van der Waals surface area contributed by atoms with Crippen LogP contribution in [0.25, 0.3) is 10.9 Å². The molecule has 7 heteroatoms. The van der Waals surface area contributed by atoms with Gasteiger partial charge in [-0.1, -0.05) is 12.1 Å². The second-order valence-corrected chi connectivity index (χ2v) is 6.01. The number of anilines is 1. The van der Waals surface area contributed by atoms with Crippen LogP contribution in [-0.2, 0) is 6.54 Å². The number of ether oxygens (including phenoxy) is 1. The van der Waals surface area contributed by atoms with E-state index in [1.54, 1.807) is 30.3 Å². The van der Waals surface area contributed by atoms with Crippen molar-refractivity contribution in [3.63, 3.8) is 0 Å². The predicted molar refractivity (Wildman–Crippen MR) is 105 cm³/mol. The highest BCUT2D eigenvalue weighted by Gasteiger charge is 2.12. The maximum absolute atomic E-state index is 12.6. The zero-order valence-corrected chi connectivity index (χ0v) is 15.4. The number of hydrogen-bond donors (Lipinski definition) is 2. The van der Waals surface area contributed by atoms with Crippen LogP contribution in [0.15, 0.2) is 47.3 Å². The van der Waals surface area contributed by atoms with Crippen LogP contribution < -0.4 is 15.6 Å². The third-order valence-corrected chi connectivity index (χ3v) is 4.32. The summed E-state index contributed by atoms with van der Waals surface area (Å²) in [5.41, 5.74) is 1.38. The molecule has 3 rings (SSSR count). The van der Waals surface area contributed by atoms with E-state index < -0.39 is 0 Å². The van der Waals surface area contributed by atoms with Gasteiger partial charge in [-0.3, -0.25) is 14.2 Å². The van der Waals surface area contributed by atoms with E-state index in [4.69, 9.17) is 17.0 Å². The lowest BCUT2D eigenvalue weighted by Crippen LogP contribution is -2.21. The smallest absolute Gasteiger partial charge is 0.262 e. The van der Waals surface area contributed by atoms with Gasteiger partial charge in [-0.25, -0.2) is 0 Å². The number of H-pyrrole nitrogens is 1. The number of aromatic amines is 1. The first-order chi connectivity index (χ1) is 12.5. The van der Waals surface area contributed by atoms with Gasteiger partial charge in [-0.2, -0.15) is 0 Å². The number of hydrogen-bond acceptors (Lipinski definition) is 4. The summed E-state index contributed by atoms with van der Waals surface area (Å²) in [6.07, 6.45) is 0. The normalized spacial score (nSPS) is 10.7. The molecular formula is C19H19N3O3S. The van der Waals surface area contributed by atoms with Gasteiger partial charge < -0.3 is 15.0 Å². The number of amides is 1. The number of aromatic nitrogens is 2. The van der Waals surface area contributed by atoms with Crippen molar-refractivity contribution in [1.82, 2.24) is 9.55 Å². The Bertz CT molecular complexity index is 1090. The second-order valence-electron chi connectivity index (χ2n) is 5.62. The van der Waals surface area contributed by atoms with Crippen molar-refractivity contribution < 1.29 is 9.53 Å². The lowest BCUT2D eigenvalue weighted by atomic mass is 10.1. The quantitative estimate of drug-likeness (QED) is 0.672. The molecule has 1 amide bonds. The van der Waals surface area contributed by atoms with E-state index in [-0.39, 0.29) is 11.5 Å². The molecule has 0 aliphatic heterocycles. The van der Waals surface area contributed by atoms with Crippen LogP contribution in [-0.4, -0.2) is 22.1 Å². The zero-order chi connectivity index (χ0) is 18.7. The zero-order valence-electron chi connectivity index (χ0n) is 14.5. The third-order valence-electron chi connectivity index (χ3n) is 4.00. The van der Waals surface area contributed by atoms with Gasteiger partial charge >= 0.3 is 0 Å². The van der Waals surface area contributed by atoms with Crippen LogP contribution in [0.2, 0.25) is 0 Å². The molecule has 3 aromatic rings. The molecule has 2 aromatic carbocycles. The molecule has 0 atom stereocenters. The van der Waals surface area contributed by atoms with E-state index in [0.29, 0.717) is 45.8 Å². The summed E-state index contributed by atoms with van der Waals surface area (Å²) < 4.78 is 7.34.